The molecule has 0 heterocycles. The number of aryl methyl sites for hydroxylation is 1. The van der Waals surface area contributed by atoms with E-state index in [-0.39, 0.29) is 0 Å². The Morgan fingerprint density at radius 1 is 1.33 bits per heavy atom. The highest BCUT2D eigenvalue weighted by Gasteiger charge is 2.35. The third-order valence-corrected chi connectivity index (χ3v) is 3.68. The van der Waals surface area contributed by atoms with Crippen LogP contribution in [0.25, 0.3) is 0 Å². The molecular formula is C14H21F2NO. The zero-order chi connectivity index (χ0) is 13.9. The normalized spacial score (nSPS) is 16.4. The van der Waals surface area contributed by atoms with Gasteiger partial charge < -0.3 is 10.1 Å². The SMILES string of the molecule is CCC(C)(OC)C(NC)c1ccc(C)c(F)c1F. The van der Waals surface area contributed by atoms with Crippen LogP contribution in [0, 0.1) is 18.6 Å². The van der Waals surface area contributed by atoms with Gasteiger partial charge in [0.1, 0.15) is 0 Å². The molecule has 2 atom stereocenters. The molecule has 1 aromatic carbocycles. The van der Waals surface area contributed by atoms with Gasteiger partial charge in [0.05, 0.1) is 11.6 Å². The third kappa shape index (κ3) is 2.54. The van der Waals surface area contributed by atoms with Crippen molar-refractivity contribution in [3.63, 3.8) is 0 Å². The molecule has 0 aliphatic rings. The monoisotopic (exact) mass is 257 g/mol. The molecule has 0 bridgehead atoms. The lowest BCUT2D eigenvalue weighted by Crippen LogP contribution is -2.42. The average Bonchev–Trinajstić information content (AvgIpc) is 2.39. The molecule has 0 saturated heterocycles. The van der Waals surface area contributed by atoms with Gasteiger partial charge in [-0.1, -0.05) is 19.1 Å². The minimum absolute atomic E-state index is 0.298. The largest absolute Gasteiger partial charge is 0.377 e. The van der Waals surface area contributed by atoms with E-state index in [1.54, 1.807) is 33.2 Å². The number of benzene rings is 1. The van der Waals surface area contributed by atoms with Crippen molar-refractivity contribution in [1.82, 2.24) is 5.32 Å². The molecule has 0 aliphatic heterocycles. The van der Waals surface area contributed by atoms with Gasteiger partial charge in [-0.25, -0.2) is 8.78 Å². The van der Waals surface area contributed by atoms with Crippen LogP contribution in [0.4, 0.5) is 8.78 Å². The summed E-state index contributed by atoms with van der Waals surface area (Å²) in [7, 11) is 3.30. The molecule has 18 heavy (non-hydrogen) atoms. The molecule has 0 spiro atoms. The molecule has 0 aromatic heterocycles. The summed E-state index contributed by atoms with van der Waals surface area (Å²) in [6.45, 7) is 5.38. The van der Waals surface area contributed by atoms with Crippen LogP contribution in [0.2, 0.25) is 0 Å². The predicted octanol–water partition coefficient (Wildman–Crippen LogP) is 3.35. The highest BCUT2D eigenvalue weighted by Crippen LogP contribution is 2.33. The summed E-state index contributed by atoms with van der Waals surface area (Å²) < 4.78 is 33.1. The minimum Gasteiger partial charge on any atom is -0.377 e. The first-order valence-corrected chi connectivity index (χ1v) is 6.08. The van der Waals surface area contributed by atoms with Crippen molar-refractivity contribution in [1.29, 1.82) is 0 Å². The molecular weight excluding hydrogens is 236 g/mol. The molecule has 0 amide bonds. The Hall–Kier alpha value is -1.00. The summed E-state index contributed by atoms with van der Waals surface area (Å²) in [6.07, 6.45) is 0.684. The molecule has 0 aliphatic carbocycles. The van der Waals surface area contributed by atoms with E-state index < -0.39 is 23.3 Å². The summed E-state index contributed by atoms with van der Waals surface area (Å²) >= 11 is 0. The van der Waals surface area contributed by atoms with Crippen LogP contribution in [-0.4, -0.2) is 19.8 Å². The van der Waals surface area contributed by atoms with Crippen molar-refractivity contribution >= 4 is 0 Å². The van der Waals surface area contributed by atoms with E-state index in [0.717, 1.165) is 0 Å². The lowest BCUT2D eigenvalue weighted by atomic mass is 9.87. The Kier molecular flexibility index (Phi) is 4.82. The van der Waals surface area contributed by atoms with E-state index in [1.807, 2.05) is 13.8 Å². The smallest absolute Gasteiger partial charge is 0.163 e. The fourth-order valence-electron chi connectivity index (χ4n) is 2.14. The molecule has 102 valence electrons. The first kappa shape index (κ1) is 15.1. The summed E-state index contributed by atoms with van der Waals surface area (Å²) in [5, 5.41) is 3.02. The molecule has 0 fully saturated rings. The molecule has 1 N–H and O–H groups in total. The average molecular weight is 257 g/mol. The number of hydrogen-bond donors (Lipinski definition) is 1. The maximum atomic E-state index is 14.0. The number of likely N-dealkylation sites (N-methyl/N-ethyl adjacent to an activating group) is 1. The van der Waals surface area contributed by atoms with Crippen molar-refractivity contribution < 1.29 is 13.5 Å². The maximum Gasteiger partial charge on any atom is 0.163 e. The highest BCUT2D eigenvalue weighted by atomic mass is 19.2. The van der Waals surface area contributed by atoms with Crippen molar-refractivity contribution in [2.45, 2.75) is 38.8 Å². The first-order chi connectivity index (χ1) is 8.41. The molecule has 2 nitrogen and oxygen atoms in total. The Balaban J connectivity index is 3.30. The predicted molar refractivity (Wildman–Crippen MR) is 68.6 cm³/mol. The van der Waals surface area contributed by atoms with Gasteiger partial charge in [0.2, 0.25) is 0 Å². The maximum absolute atomic E-state index is 14.0. The van der Waals surface area contributed by atoms with E-state index in [2.05, 4.69) is 5.32 Å². The van der Waals surface area contributed by atoms with Crippen molar-refractivity contribution in [3.8, 4) is 0 Å². The van der Waals surface area contributed by atoms with Crippen LogP contribution in [0.1, 0.15) is 37.4 Å². The van der Waals surface area contributed by atoms with Crippen molar-refractivity contribution in [2.75, 3.05) is 14.2 Å². The number of rotatable bonds is 5. The van der Waals surface area contributed by atoms with Crippen LogP contribution in [0.3, 0.4) is 0 Å². The molecule has 2 unspecified atom stereocenters. The van der Waals surface area contributed by atoms with Gasteiger partial charge in [-0.05, 0) is 32.9 Å². The summed E-state index contributed by atoms with van der Waals surface area (Å²) in [5.41, 5.74) is 0.0191. The standard InChI is InChI=1S/C14H21F2NO/c1-6-14(3,18-5)13(17-4)10-8-7-9(2)11(15)12(10)16/h7-8,13,17H,6H2,1-5H3. The van der Waals surface area contributed by atoms with Crippen LogP contribution >= 0.6 is 0 Å². The zero-order valence-electron chi connectivity index (χ0n) is 11.6. The lowest BCUT2D eigenvalue weighted by Gasteiger charge is -2.36. The third-order valence-electron chi connectivity index (χ3n) is 3.68. The summed E-state index contributed by atoms with van der Waals surface area (Å²) in [4.78, 5) is 0. The van der Waals surface area contributed by atoms with Crippen LogP contribution in [-0.2, 0) is 4.74 Å². The fraction of sp³-hybridized carbons (Fsp3) is 0.571. The second-order valence-electron chi connectivity index (χ2n) is 4.69. The van der Waals surface area contributed by atoms with Gasteiger partial charge >= 0.3 is 0 Å². The summed E-state index contributed by atoms with van der Waals surface area (Å²) in [5.74, 6) is -1.59. The van der Waals surface area contributed by atoms with Gasteiger partial charge in [-0.3, -0.25) is 0 Å². The van der Waals surface area contributed by atoms with Gasteiger partial charge in [0.15, 0.2) is 11.6 Å². The van der Waals surface area contributed by atoms with E-state index in [9.17, 15) is 8.78 Å². The van der Waals surface area contributed by atoms with E-state index in [0.29, 0.717) is 17.5 Å². The quantitative estimate of drug-likeness (QED) is 0.873. The zero-order valence-corrected chi connectivity index (χ0v) is 11.6. The topological polar surface area (TPSA) is 21.3 Å². The van der Waals surface area contributed by atoms with Gasteiger partial charge in [0.25, 0.3) is 0 Å². The highest BCUT2D eigenvalue weighted by molar-refractivity contribution is 5.29. The van der Waals surface area contributed by atoms with E-state index >= 15 is 0 Å². The lowest BCUT2D eigenvalue weighted by molar-refractivity contribution is -0.0290. The molecule has 0 radical (unpaired) electrons. The van der Waals surface area contributed by atoms with Crippen molar-refractivity contribution in [2.24, 2.45) is 0 Å². The Labute approximate surface area is 107 Å². The number of methoxy groups -OCH3 is 1. The Morgan fingerprint density at radius 3 is 2.39 bits per heavy atom. The van der Waals surface area contributed by atoms with Crippen molar-refractivity contribution in [3.05, 3.63) is 34.9 Å². The van der Waals surface area contributed by atoms with E-state index in [4.69, 9.17) is 4.74 Å². The van der Waals surface area contributed by atoms with Gasteiger partial charge in [-0.2, -0.15) is 0 Å². The van der Waals surface area contributed by atoms with Crippen LogP contribution in [0.5, 0.6) is 0 Å². The molecule has 0 saturated carbocycles. The Morgan fingerprint density at radius 2 is 1.94 bits per heavy atom. The molecule has 1 aromatic rings. The first-order valence-electron chi connectivity index (χ1n) is 6.08. The summed E-state index contributed by atoms with van der Waals surface area (Å²) in [6, 6.07) is 2.80. The molecule has 4 heteroatoms. The number of hydrogen-bond acceptors (Lipinski definition) is 2. The van der Waals surface area contributed by atoms with Crippen LogP contribution in [0.15, 0.2) is 12.1 Å². The second kappa shape index (κ2) is 5.76. The Bertz CT molecular complexity index is 417. The fourth-order valence-corrected chi connectivity index (χ4v) is 2.14. The van der Waals surface area contributed by atoms with Gasteiger partial charge in [-0.15, -0.1) is 0 Å². The number of ether oxygens (including phenoxy) is 1. The minimum atomic E-state index is -0.800. The molecule has 1 rings (SSSR count). The van der Waals surface area contributed by atoms with Crippen LogP contribution < -0.4 is 5.32 Å². The van der Waals surface area contributed by atoms with E-state index in [1.165, 1.54) is 0 Å². The van der Waals surface area contributed by atoms with Gasteiger partial charge in [0, 0.05) is 12.7 Å². The number of halogens is 2. The number of nitrogens with one attached hydrogen (secondary N) is 1. The second-order valence-corrected chi connectivity index (χ2v) is 4.69.